The number of carbonyl (C=O) groups is 1. The van der Waals surface area contributed by atoms with Crippen molar-refractivity contribution in [2.24, 2.45) is 0 Å². The van der Waals surface area contributed by atoms with Gasteiger partial charge in [-0.05, 0) is 28.4 Å². The molecule has 5 nitrogen and oxygen atoms in total. The number of carbonyl (C=O) groups excluding carboxylic acids is 1. The largest absolute Gasteiger partial charge is 0.342 e. The Bertz CT molecular complexity index is 448. The van der Waals surface area contributed by atoms with Crippen LogP contribution in [0.3, 0.4) is 0 Å². The highest BCUT2D eigenvalue weighted by Gasteiger charge is 2.21. The minimum Gasteiger partial charge on any atom is -0.342 e. The van der Waals surface area contributed by atoms with E-state index in [9.17, 15) is 14.9 Å². The molecule has 1 aromatic rings. The zero-order chi connectivity index (χ0) is 13.0. The lowest BCUT2D eigenvalue weighted by Gasteiger charge is -2.16. The second kappa shape index (κ2) is 5.77. The molecule has 92 valence electrons. The molecule has 0 atom stereocenters. The van der Waals surface area contributed by atoms with E-state index in [1.54, 1.807) is 18.0 Å². The van der Waals surface area contributed by atoms with E-state index in [1.165, 1.54) is 12.1 Å². The first kappa shape index (κ1) is 13.6. The molecule has 0 saturated carbocycles. The number of rotatable bonds is 4. The number of halogens is 1. The molecular formula is C11H13BrN2O3. The molecule has 0 N–H and O–H groups in total. The van der Waals surface area contributed by atoms with Gasteiger partial charge in [0, 0.05) is 19.7 Å². The molecule has 0 aliphatic carbocycles. The molecule has 0 heterocycles. The van der Waals surface area contributed by atoms with Crippen molar-refractivity contribution in [1.29, 1.82) is 0 Å². The average Bonchev–Trinajstić information content (AvgIpc) is 2.28. The average molecular weight is 301 g/mol. The summed E-state index contributed by atoms with van der Waals surface area (Å²) in [5, 5.41) is 10.7. The molecule has 1 amide bonds. The van der Waals surface area contributed by atoms with E-state index in [-0.39, 0.29) is 16.1 Å². The zero-order valence-corrected chi connectivity index (χ0v) is 11.2. The Morgan fingerprint density at radius 1 is 1.53 bits per heavy atom. The molecule has 0 aliphatic heterocycles. The molecule has 0 radical (unpaired) electrons. The third kappa shape index (κ3) is 3.03. The van der Waals surface area contributed by atoms with Gasteiger partial charge in [0.1, 0.15) is 4.47 Å². The molecule has 1 aromatic carbocycles. The number of hydrogen-bond acceptors (Lipinski definition) is 3. The van der Waals surface area contributed by atoms with Gasteiger partial charge in [0.05, 0.1) is 10.5 Å². The molecule has 0 fully saturated rings. The first-order valence-corrected chi connectivity index (χ1v) is 5.96. The van der Waals surface area contributed by atoms with Crippen LogP contribution in [0.1, 0.15) is 23.7 Å². The van der Waals surface area contributed by atoms with Crippen LogP contribution in [0.25, 0.3) is 0 Å². The van der Waals surface area contributed by atoms with Crippen molar-refractivity contribution < 1.29 is 9.72 Å². The summed E-state index contributed by atoms with van der Waals surface area (Å²) in [6.45, 7) is 2.58. The first-order valence-electron chi connectivity index (χ1n) is 5.17. The van der Waals surface area contributed by atoms with Crippen molar-refractivity contribution in [2.75, 3.05) is 13.6 Å². The molecule has 1 rings (SSSR count). The van der Waals surface area contributed by atoms with Crippen molar-refractivity contribution in [3.05, 3.63) is 38.3 Å². The molecule has 0 saturated heterocycles. The minimum atomic E-state index is -0.513. The lowest BCUT2D eigenvalue weighted by molar-refractivity contribution is -0.385. The fourth-order valence-electron chi connectivity index (χ4n) is 1.47. The third-order valence-electron chi connectivity index (χ3n) is 2.31. The normalized spacial score (nSPS) is 10.1. The maximum Gasteiger partial charge on any atom is 0.284 e. The van der Waals surface area contributed by atoms with Gasteiger partial charge in [0.2, 0.25) is 0 Å². The summed E-state index contributed by atoms with van der Waals surface area (Å²) in [7, 11) is 1.68. The molecule has 0 aromatic heterocycles. The van der Waals surface area contributed by atoms with Crippen LogP contribution in [-0.2, 0) is 0 Å². The molecule has 0 spiro atoms. The molecule has 0 bridgehead atoms. The summed E-state index contributed by atoms with van der Waals surface area (Å²) in [4.78, 5) is 23.8. The van der Waals surface area contributed by atoms with Gasteiger partial charge in [0.15, 0.2) is 0 Å². The summed E-state index contributed by atoms with van der Waals surface area (Å²) < 4.78 is 0.234. The predicted octanol–water partition coefficient (Wildman–Crippen LogP) is 2.84. The Labute approximate surface area is 108 Å². The van der Waals surface area contributed by atoms with Crippen molar-refractivity contribution >= 4 is 27.5 Å². The van der Waals surface area contributed by atoms with E-state index in [0.29, 0.717) is 12.1 Å². The van der Waals surface area contributed by atoms with Crippen molar-refractivity contribution in [1.82, 2.24) is 4.90 Å². The number of nitrogens with zero attached hydrogens (tertiary/aromatic N) is 2. The Morgan fingerprint density at radius 3 is 2.71 bits per heavy atom. The number of nitro benzene ring substituents is 1. The fourth-order valence-corrected chi connectivity index (χ4v) is 2.05. The molecule has 17 heavy (non-hydrogen) atoms. The summed E-state index contributed by atoms with van der Waals surface area (Å²) in [6, 6.07) is 4.45. The summed E-state index contributed by atoms with van der Waals surface area (Å²) in [5.41, 5.74) is 0.218. The first-order chi connectivity index (χ1) is 7.99. The van der Waals surface area contributed by atoms with Gasteiger partial charge in [-0.2, -0.15) is 0 Å². The summed E-state index contributed by atoms with van der Waals surface area (Å²) in [5.74, 6) is -0.220. The van der Waals surface area contributed by atoms with Crippen molar-refractivity contribution in [2.45, 2.75) is 13.3 Å². The molecule has 0 aliphatic rings. The van der Waals surface area contributed by atoms with Crippen molar-refractivity contribution in [3.8, 4) is 0 Å². The van der Waals surface area contributed by atoms with E-state index >= 15 is 0 Å². The maximum atomic E-state index is 12.0. The Kier molecular flexibility index (Phi) is 4.62. The van der Waals surface area contributed by atoms with Gasteiger partial charge < -0.3 is 4.90 Å². The van der Waals surface area contributed by atoms with Crippen LogP contribution in [0.5, 0.6) is 0 Å². The van der Waals surface area contributed by atoms with Crippen LogP contribution in [-0.4, -0.2) is 29.3 Å². The Morgan fingerprint density at radius 2 is 2.18 bits per heavy atom. The van der Waals surface area contributed by atoms with Gasteiger partial charge in [-0.3, -0.25) is 14.9 Å². The van der Waals surface area contributed by atoms with Gasteiger partial charge in [-0.15, -0.1) is 0 Å². The van der Waals surface area contributed by atoms with E-state index in [0.717, 1.165) is 6.42 Å². The minimum absolute atomic E-state index is 0.0965. The summed E-state index contributed by atoms with van der Waals surface area (Å²) in [6.07, 6.45) is 0.842. The fraction of sp³-hybridized carbons (Fsp3) is 0.364. The quantitative estimate of drug-likeness (QED) is 0.634. The molecular weight excluding hydrogens is 288 g/mol. The van der Waals surface area contributed by atoms with Gasteiger partial charge in [-0.25, -0.2) is 0 Å². The van der Waals surface area contributed by atoms with E-state index in [1.807, 2.05) is 6.92 Å². The molecule has 6 heteroatoms. The molecule has 0 unspecified atom stereocenters. The van der Waals surface area contributed by atoms with Crippen LogP contribution >= 0.6 is 15.9 Å². The van der Waals surface area contributed by atoms with Crippen LogP contribution < -0.4 is 0 Å². The lowest BCUT2D eigenvalue weighted by atomic mass is 10.2. The Hall–Kier alpha value is -1.43. The number of amides is 1. The van der Waals surface area contributed by atoms with Gasteiger partial charge in [0.25, 0.3) is 11.6 Å². The third-order valence-corrected chi connectivity index (χ3v) is 3.14. The van der Waals surface area contributed by atoms with Gasteiger partial charge in [-0.1, -0.05) is 13.0 Å². The SMILES string of the molecule is CCCN(C)C(=O)c1cccc([N+](=O)[O-])c1Br. The van der Waals surface area contributed by atoms with E-state index < -0.39 is 4.92 Å². The highest BCUT2D eigenvalue weighted by Crippen LogP contribution is 2.28. The number of benzene rings is 1. The predicted molar refractivity (Wildman–Crippen MR) is 68.0 cm³/mol. The van der Waals surface area contributed by atoms with Crippen LogP contribution in [0.2, 0.25) is 0 Å². The van der Waals surface area contributed by atoms with Crippen LogP contribution in [0, 0.1) is 10.1 Å². The highest BCUT2D eigenvalue weighted by molar-refractivity contribution is 9.10. The lowest BCUT2D eigenvalue weighted by Crippen LogP contribution is -2.27. The van der Waals surface area contributed by atoms with Crippen molar-refractivity contribution in [3.63, 3.8) is 0 Å². The maximum absolute atomic E-state index is 12.0. The topological polar surface area (TPSA) is 63.5 Å². The standard InChI is InChI=1S/C11H13BrN2O3/c1-3-7-13(2)11(15)8-5-4-6-9(10(8)12)14(16)17/h4-6H,3,7H2,1-2H3. The smallest absolute Gasteiger partial charge is 0.284 e. The van der Waals surface area contributed by atoms with Gasteiger partial charge >= 0.3 is 0 Å². The second-order valence-electron chi connectivity index (χ2n) is 3.62. The van der Waals surface area contributed by atoms with E-state index in [4.69, 9.17) is 0 Å². The monoisotopic (exact) mass is 300 g/mol. The van der Waals surface area contributed by atoms with Crippen LogP contribution in [0.15, 0.2) is 22.7 Å². The summed E-state index contributed by atoms with van der Waals surface area (Å²) >= 11 is 3.11. The highest BCUT2D eigenvalue weighted by atomic mass is 79.9. The second-order valence-corrected chi connectivity index (χ2v) is 4.42. The van der Waals surface area contributed by atoms with E-state index in [2.05, 4.69) is 15.9 Å². The Balaban J connectivity index is 3.10. The number of hydrogen-bond donors (Lipinski definition) is 0. The zero-order valence-electron chi connectivity index (χ0n) is 9.64. The number of nitro groups is 1. The van der Waals surface area contributed by atoms with Crippen LogP contribution in [0.4, 0.5) is 5.69 Å².